The molecule has 0 bridgehead atoms. The van der Waals surface area contributed by atoms with Gasteiger partial charge in [-0.05, 0) is 39.3 Å². The molecule has 4 heteroatoms. The van der Waals surface area contributed by atoms with Crippen LogP contribution in [0.4, 0.5) is 4.79 Å². The number of nitrogens with zero attached hydrogens (tertiary/aromatic N) is 1. The van der Waals surface area contributed by atoms with Gasteiger partial charge in [-0.3, -0.25) is 0 Å². The Bertz CT molecular complexity index is 530. The Labute approximate surface area is 132 Å². The molecule has 1 aromatic carbocycles. The molecule has 4 nitrogen and oxygen atoms in total. The zero-order chi connectivity index (χ0) is 15.8. The molecule has 2 fully saturated rings. The van der Waals surface area contributed by atoms with Crippen LogP contribution in [0.2, 0.25) is 0 Å². The van der Waals surface area contributed by atoms with Gasteiger partial charge in [-0.1, -0.05) is 30.3 Å². The van der Waals surface area contributed by atoms with Crippen molar-refractivity contribution < 1.29 is 9.53 Å². The highest BCUT2D eigenvalue weighted by atomic mass is 16.6. The minimum Gasteiger partial charge on any atom is -0.444 e. The molecule has 2 heterocycles. The van der Waals surface area contributed by atoms with Crippen LogP contribution in [-0.2, 0) is 4.74 Å². The number of nitrogens with one attached hydrogen (secondary N) is 1. The van der Waals surface area contributed by atoms with E-state index in [0.717, 1.165) is 32.6 Å². The lowest BCUT2D eigenvalue weighted by molar-refractivity contribution is 0.0275. The van der Waals surface area contributed by atoms with E-state index >= 15 is 0 Å². The number of carbonyl (C=O) groups excluding carboxylic acids is 1. The molecular formula is C18H26N2O2. The number of hydrogen-bond donors (Lipinski definition) is 1. The van der Waals surface area contributed by atoms with Crippen molar-refractivity contribution in [2.45, 2.75) is 38.7 Å². The summed E-state index contributed by atoms with van der Waals surface area (Å²) < 4.78 is 5.58. The summed E-state index contributed by atoms with van der Waals surface area (Å²) in [5.41, 5.74) is 1.04. The lowest BCUT2D eigenvalue weighted by Gasteiger charge is -2.29. The van der Waals surface area contributed by atoms with Gasteiger partial charge in [0.25, 0.3) is 0 Å². The Morgan fingerprint density at radius 3 is 2.64 bits per heavy atom. The Morgan fingerprint density at radius 2 is 2.05 bits per heavy atom. The molecule has 0 radical (unpaired) electrons. The van der Waals surface area contributed by atoms with Gasteiger partial charge >= 0.3 is 6.09 Å². The van der Waals surface area contributed by atoms with Crippen molar-refractivity contribution in [1.29, 1.82) is 0 Å². The quantitative estimate of drug-likeness (QED) is 0.867. The maximum atomic E-state index is 12.5. The van der Waals surface area contributed by atoms with Crippen molar-refractivity contribution in [3.63, 3.8) is 0 Å². The lowest BCUT2D eigenvalue weighted by Crippen LogP contribution is -2.37. The van der Waals surface area contributed by atoms with Gasteiger partial charge in [0.2, 0.25) is 0 Å². The number of rotatable bonds is 1. The SMILES string of the molecule is CC(C)(C)OC(=O)N1C[C@H](c2ccccc2)[C@@]2(CCNC2)C1. The minimum absolute atomic E-state index is 0.151. The van der Waals surface area contributed by atoms with Crippen molar-refractivity contribution in [2.75, 3.05) is 26.2 Å². The molecule has 2 aliphatic rings. The molecule has 2 atom stereocenters. The Morgan fingerprint density at radius 1 is 1.32 bits per heavy atom. The predicted molar refractivity (Wildman–Crippen MR) is 86.9 cm³/mol. The summed E-state index contributed by atoms with van der Waals surface area (Å²) in [6.07, 6.45) is 0.934. The summed E-state index contributed by atoms with van der Waals surface area (Å²) in [6.45, 7) is 9.31. The maximum absolute atomic E-state index is 12.5. The zero-order valence-corrected chi connectivity index (χ0v) is 13.8. The van der Waals surface area contributed by atoms with Crippen LogP contribution in [0, 0.1) is 5.41 Å². The van der Waals surface area contributed by atoms with Crippen molar-refractivity contribution in [3.8, 4) is 0 Å². The molecule has 0 aliphatic carbocycles. The highest BCUT2D eigenvalue weighted by Crippen LogP contribution is 2.47. The molecule has 0 saturated carbocycles. The van der Waals surface area contributed by atoms with E-state index in [0.29, 0.717) is 5.92 Å². The standard InChI is InChI=1S/C18H26N2O2/c1-17(2,3)22-16(21)20-11-15(14-7-5-4-6-8-14)18(13-20)9-10-19-12-18/h4-8,15,19H,9-13H2,1-3H3/t15-,18-/m1/s1. The summed E-state index contributed by atoms with van der Waals surface area (Å²) in [5, 5.41) is 3.48. The second-order valence-corrected chi connectivity index (χ2v) is 7.61. The van der Waals surface area contributed by atoms with E-state index in [9.17, 15) is 4.79 Å². The molecule has 2 saturated heterocycles. The fraction of sp³-hybridized carbons (Fsp3) is 0.611. The second kappa shape index (κ2) is 5.58. The van der Waals surface area contributed by atoms with Crippen molar-refractivity contribution in [2.24, 2.45) is 5.41 Å². The smallest absolute Gasteiger partial charge is 0.410 e. The van der Waals surface area contributed by atoms with Crippen LogP contribution in [0.15, 0.2) is 30.3 Å². The molecule has 1 aromatic rings. The van der Waals surface area contributed by atoms with Crippen LogP contribution in [-0.4, -0.2) is 42.8 Å². The molecule has 1 amide bonds. The van der Waals surface area contributed by atoms with E-state index in [1.807, 2.05) is 31.7 Å². The van der Waals surface area contributed by atoms with Crippen molar-refractivity contribution in [1.82, 2.24) is 10.2 Å². The summed E-state index contributed by atoms with van der Waals surface area (Å²) in [4.78, 5) is 14.4. The minimum atomic E-state index is -0.441. The first-order chi connectivity index (χ1) is 10.4. The Kier molecular flexibility index (Phi) is 3.89. The Balaban J connectivity index is 1.82. The van der Waals surface area contributed by atoms with Crippen LogP contribution in [0.25, 0.3) is 0 Å². The molecule has 3 rings (SSSR count). The second-order valence-electron chi connectivity index (χ2n) is 7.61. The fourth-order valence-corrected chi connectivity index (χ4v) is 3.77. The van der Waals surface area contributed by atoms with Gasteiger partial charge in [-0.25, -0.2) is 4.79 Å². The van der Waals surface area contributed by atoms with Crippen LogP contribution < -0.4 is 5.32 Å². The van der Waals surface area contributed by atoms with Crippen LogP contribution in [0.5, 0.6) is 0 Å². The predicted octanol–water partition coefficient (Wildman–Crippen LogP) is 3.00. The molecular weight excluding hydrogens is 276 g/mol. The molecule has 1 spiro atoms. The van der Waals surface area contributed by atoms with E-state index in [-0.39, 0.29) is 11.5 Å². The average molecular weight is 302 g/mol. The third-order valence-corrected chi connectivity index (χ3v) is 4.78. The van der Waals surface area contributed by atoms with Gasteiger partial charge in [0.05, 0.1) is 0 Å². The molecule has 120 valence electrons. The topological polar surface area (TPSA) is 41.6 Å². The van der Waals surface area contributed by atoms with Gasteiger partial charge in [-0.2, -0.15) is 0 Å². The number of likely N-dealkylation sites (tertiary alicyclic amines) is 1. The summed E-state index contributed by atoms with van der Waals surface area (Å²) in [6, 6.07) is 10.6. The Hall–Kier alpha value is -1.55. The van der Waals surface area contributed by atoms with Crippen LogP contribution >= 0.6 is 0 Å². The summed E-state index contributed by atoms with van der Waals surface area (Å²) >= 11 is 0. The normalized spacial score (nSPS) is 28.3. The molecule has 2 aliphatic heterocycles. The fourth-order valence-electron chi connectivity index (χ4n) is 3.77. The van der Waals surface area contributed by atoms with E-state index in [2.05, 4.69) is 29.6 Å². The molecule has 22 heavy (non-hydrogen) atoms. The lowest BCUT2D eigenvalue weighted by atomic mass is 9.74. The summed E-state index contributed by atoms with van der Waals surface area (Å²) in [7, 11) is 0. The largest absolute Gasteiger partial charge is 0.444 e. The monoisotopic (exact) mass is 302 g/mol. The van der Waals surface area contributed by atoms with Crippen LogP contribution in [0.1, 0.15) is 38.7 Å². The third-order valence-electron chi connectivity index (χ3n) is 4.78. The van der Waals surface area contributed by atoms with Gasteiger partial charge in [0.15, 0.2) is 0 Å². The average Bonchev–Trinajstić information content (AvgIpc) is 3.07. The zero-order valence-electron chi connectivity index (χ0n) is 13.8. The third kappa shape index (κ3) is 2.98. The van der Waals surface area contributed by atoms with Gasteiger partial charge in [0.1, 0.15) is 5.60 Å². The number of ether oxygens (including phenoxy) is 1. The number of hydrogen-bond acceptors (Lipinski definition) is 3. The van der Waals surface area contributed by atoms with Crippen LogP contribution in [0.3, 0.4) is 0 Å². The van der Waals surface area contributed by atoms with Gasteiger partial charge < -0.3 is 15.0 Å². The van der Waals surface area contributed by atoms with Crippen molar-refractivity contribution >= 4 is 6.09 Å². The first-order valence-electron chi connectivity index (χ1n) is 8.13. The molecule has 1 N–H and O–H groups in total. The number of amides is 1. The number of benzene rings is 1. The van der Waals surface area contributed by atoms with Crippen molar-refractivity contribution in [3.05, 3.63) is 35.9 Å². The highest BCUT2D eigenvalue weighted by molar-refractivity contribution is 5.69. The van der Waals surface area contributed by atoms with E-state index in [1.54, 1.807) is 0 Å². The summed E-state index contributed by atoms with van der Waals surface area (Å²) in [5.74, 6) is 0.385. The van der Waals surface area contributed by atoms with E-state index in [4.69, 9.17) is 4.74 Å². The maximum Gasteiger partial charge on any atom is 0.410 e. The number of carbonyl (C=O) groups is 1. The highest BCUT2D eigenvalue weighted by Gasteiger charge is 2.50. The van der Waals surface area contributed by atoms with E-state index < -0.39 is 5.60 Å². The van der Waals surface area contributed by atoms with E-state index in [1.165, 1.54) is 5.56 Å². The first kappa shape index (κ1) is 15.3. The molecule has 0 aromatic heterocycles. The molecule has 0 unspecified atom stereocenters. The van der Waals surface area contributed by atoms with Gasteiger partial charge in [0, 0.05) is 31.0 Å². The first-order valence-corrected chi connectivity index (χ1v) is 8.13. The van der Waals surface area contributed by atoms with Gasteiger partial charge in [-0.15, -0.1) is 0 Å².